The highest BCUT2D eigenvalue weighted by atomic mass is 19.2. The number of hydrogen-bond acceptors (Lipinski definition) is 6. The maximum atomic E-state index is 13.7. The van der Waals surface area contributed by atoms with E-state index in [9.17, 15) is 13.6 Å². The van der Waals surface area contributed by atoms with Gasteiger partial charge >= 0.3 is 5.97 Å². The lowest BCUT2D eigenvalue weighted by molar-refractivity contribution is 0.0594. The standard InChI is InChI=1S/C12H11F2N3O3/c1-19-12(18)7-2-3-8(11(14)10(7)13)15-5-4-9-16-6-20-17-9/h2-3,6,15H,4-5H2,1H3. The van der Waals surface area contributed by atoms with Gasteiger partial charge in [0.2, 0.25) is 6.39 Å². The Morgan fingerprint density at radius 1 is 1.40 bits per heavy atom. The summed E-state index contributed by atoms with van der Waals surface area (Å²) in [7, 11) is 1.09. The second-order valence-electron chi connectivity index (χ2n) is 3.80. The van der Waals surface area contributed by atoms with Crippen molar-refractivity contribution in [2.24, 2.45) is 0 Å². The highest BCUT2D eigenvalue weighted by Gasteiger charge is 2.18. The summed E-state index contributed by atoms with van der Waals surface area (Å²) in [6, 6.07) is 2.42. The van der Waals surface area contributed by atoms with Crippen LogP contribution in [-0.4, -0.2) is 29.8 Å². The average molecular weight is 283 g/mol. The van der Waals surface area contributed by atoms with Crippen LogP contribution >= 0.6 is 0 Å². The summed E-state index contributed by atoms with van der Waals surface area (Å²) < 4.78 is 36.3. The molecule has 0 unspecified atom stereocenters. The summed E-state index contributed by atoms with van der Waals surface area (Å²) in [4.78, 5) is 15.0. The number of rotatable bonds is 5. The van der Waals surface area contributed by atoms with Crippen LogP contribution in [0.2, 0.25) is 0 Å². The van der Waals surface area contributed by atoms with Crippen LogP contribution in [0.15, 0.2) is 23.0 Å². The molecule has 0 atom stereocenters. The van der Waals surface area contributed by atoms with E-state index >= 15 is 0 Å². The average Bonchev–Trinajstić information content (AvgIpc) is 2.96. The van der Waals surface area contributed by atoms with Crippen molar-refractivity contribution in [1.82, 2.24) is 10.1 Å². The lowest BCUT2D eigenvalue weighted by atomic mass is 10.1. The first kappa shape index (κ1) is 13.9. The molecule has 1 heterocycles. The summed E-state index contributed by atoms with van der Waals surface area (Å²) in [5, 5.41) is 6.27. The van der Waals surface area contributed by atoms with E-state index < -0.39 is 23.2 Å². The Bertz CT molecular complexity index is 602. The zero-order valence-electron chi connectivity index (χ0n) is 10.5. The van der Waals surface area contributed by atoms with Gasteiger partial charge < -0.3 is 14.6 Å². The van der Waals surface area contributed by atoms with Gasteiger partial charge in [0.15, 0.2) is 17.5 Å². The van der Waals surface area contributed by atoms with Gasteiger partial charge in [-0.3, -0.25) is 0 Å². The van der Waals surface area contributed by atoms with Crippen LogP contribution in [0, 0.1) is 11.6 Å². The van der Waals surface area contributed by atoms with Crippen LogP contribution in [-0.2, 0) is 11.2 Å². The molecule has 0 amide bonds. The first-order valence-electron chi connectivity index (χ1n) is 5.69. The number of benzene rings is 1. The van der Waals surface area contributed by atoms with Crippen molar-refractivity contribution in [2.75, 3.05) is 19.0 Å². The number of nitrogens with one attached hydrogen (secondary N) is 1. The minimum absolute atomic E-state index is 0.0568. The molecule has 0 spiro atoms. The molecule has 0 saturated heterocycles. The molecule has 0 saturated carbocycles. The molecule has 0 aliphatic heterocycles. The van der Waals surface area contributed by atoms with E-state index in [-0.39, 0.29) is 12.2 Å². The minimum Gasteiger partial charge on any atom is -0.465 e. The molecule has 2 rings (SSSR count). The molecule has 0 aliphatic rings. The third kappa shape index (κ3) is 2.90. The maximum Gasteiger partial charge on any atom is 0.340 e. The summed E-state index contributed by atoms with van der Waals surface area (Å²) in [6.07, 6.45) is 1.57. The van der Waals surface area contributed by atoms with Gasteiger partial charge in [0, 0.05) is 13.0 Å². The van der Waals surface area contributed by atoms with E-state index in [1.807, 2.05) is 0 Å². The van der Waals surface area contributed by atoms with E-state index in [2.05, 4.69) is 24.7 Å². The van der Waals surface area contributed by atoms with Crippen molar-refractivity contribution in [1.29, 1.82) is 0 Å². The third-order valence-electron chi connectivity index (χ3n) is 2.56. The van der Waals surface area contributed by atoms with Gasteiger partial charge in [-0.25, -0.2) is 13.6 Å². The molecule has 1 aromatic heterocycles. The molecule has 8 heteroatoms. The topological polar surface area (TPSA) is 77.2 Å². The molecule has 6 nitrogen and oxygen atoms in total. The zero-order valence-corrected chi connectivity index (χ0v) is 10.5. The van der Waals surface area contributed by atoms with Gasteiger partial charge in [0.1, 0.15) is 0 Å². The van der Waals surface area contributed by atoms with Crippen LogP contribution in [0.4, 0.5) is 14.5 Å². The first-order valence-corrected chi connectivity index (χ1v) is 5.69. The third-order valence-corrected chi connectivity index (χ3v) is 2.56. The lowest BCUT2D eigenvalue weighted by Crippen LogP contribution is -2.11. The number of carbonyl (C=O) groups excluding carboxylic acids is 1. The SMILES string of the molecule is COC(=O)c1ccc(NCCc2ncon2)c(F)c1F. The number of halogens is 2. The summed E-state index contributed by atoms with van der Waals surface area (Å²) in [5.41, 5.74) is -0.507. The number of nitrogens with zero attached hydrogens (tertiary/aromatic N) is 2. The van der Waals surface area contributed by atoms with Crippen LogP contribution in [0.5, 0.6) is 0 Å². The van der Waals surface area contributed by atoms with Gasteiger partial charge in [-0.2, -0.15) is 4.98 Å². The first-order chi connectivity index (χ1) is 9.63. The smallest absolute Gasteiger partial charge is 0.340 e. The van der Waals surface area contributed by atoms with E-state index in [0.29, 0.717) is 12.2 Å². The minimum atomic E-state index is -1.25. The lowest BCUT2D eigenvalue weighted by Gasteiger charge is -2.09. The molecule has 1 aromatic carbocycles. The second-order valence-corrected chi connectivity index (χ2v) is 3.80. The number of aromatic nitrogens is 2. The Hall–Kier alpha value is -2.51. The van der Waals surface area contributed by atoms with Crippen molar-refractivity contribution in [3.8, 4) is 0 Å². The highest BCUT2D eigenvalue weighted by molar-refractivity contribution is 5.90. The molecular formula is C12H11F2N3O3. The van der Waals surface area contributed by atoms with Crippen LogP contribution in [0.1, 0.15) is 16.2 Å². The molecule has 1 N–H and O–H groups in total. The number of ether oxygens (including phenoxy) is 1. The van der Waals surface area contributed by atoms with Gasteiger partial charge in [0.25, 0.3) is 0 Å². The molecule has 106 valence electrons. The number of esters is 1. The van der Waals surface area contributed by atoms with Crippen molar-refractivity contribution in [3.05, 3.63) is 41.5 Å². The molecular weight excluding hydrogens is 272 g/mol. The second kappa shape index (κ2) is 6.09. The maximum absolute atomic E-state index is 13.7. The summed E-state index contributed by atoms with van der Waals surface area (Å²) >= 11 is 0. The quantitative estimate of drug-likeness (QED) is 0.843. The van der Waals surface area contributed by atoms with Crippen LogP contribution < -0.4 is 5.32 Å². The number of hydrogen-bond donors (Lipinski definition) is 1. The Morgan fingerprint density at radius 2 is 2.20 bits per heavy atom. The normalized spacial score (nSPS) is 10.3. The molecule has 0 fully saturated rings. The predicted molar refractivity (Wildman–Crippen MR) is 64.2 cm³/mol. The molecule has 0 aliphatic carbocycles. The Balaban J connectivity index is 2.05. The Labute approximate surface area is 112 Å². The van der Waals surface area contributed by atoms with E-state index in [1.54, 1.807) is 0 Å². The number of anilines is 1. The number of carbonyl (C=O) groups is 1. The van der Waals surface area contributed by atoms with E-state index in [4.69, 9.17) is 0 Å². The summed E-state index contributed by atoms with van der Waals surface area (Å²) in [5.74, 6) is -2.87. The largest absolute Gasteiger partial charge is 0.465 e. The summed E-state index contributed by atoms with van der Waals surface area (Å²) in [6.45, 7) is 0.285. The molecule has 0 radical (unpaired) electrons. The fraction of sp³-hybridized carbons (Fsp3) is 0.250. The van der Waals surface area contributed by atoms with E-state index in [1.165, 1.54) is 12.5 Å². The van der Waals surface area contributed by atoms with Crippen molar-refractivity contribution >= 4 is 11.7 Å². The van der Waals surface area contributed by atoms with Crippen molar-refractivity contribution in [2.45, 2.75) is 6.42 Å². The fourth-order valence-electron chi connectivity index (χ4n) is 1.57. The Morgan fingerprint density at radius 3 is 2.85 bits per heavy atom. The van der Waals surface area contributed by atoms with Gasteiger partial charge in [0.05, 0.1) is 18.4 Å². The fourth-order valence-corrected chi connectivity index (χ4v) is 1.57. The monoisotopic (exact) mass is 283 g/mol. The van der Waals surface area contributed by atoms with E-state index in [0.717, 1.165) is 13.2 Å². The van der Waals surface area contributed by atoms with Crippen molar-refractivity contribution < 1.29 is 22.8 Å². The highest BCUT2D eigenvalue weighted by Crippen LogP contribution is 2.21. The molecule has 20 heavy (non-hydrogen) atoms. The van der Waals surface area contributed by atoms with Crippen molar-refractivity contribution in [3.63, 3.8) is 0 Å². The molecule has 0 bridgehead atoms. The Kier molecular flexibility index (Phi) is 4.24. The van der Waals surface area contributed by atoms with Crippen LogP contribution in [0.3, 0.4) is 0 Å². The van der Waals surface area contributed by atoms with Crippen LogP contribution in [0.25, 0.3) is 0 Å². The molecule has 2 aromatic rings. The zero-order chi connectivity index (χ0) is 14.5. The van der Waals surface area contributed by atoms with Gasteiger partial charge in [-0.15, -0.1) is 0 Å². The van der Waals surface area contributed by atoms with Gasteiger partial charge in [-0.05, 0) is 12.1 Å². The van der Waals surface area contributed by atoms with Gasteiger partial charge in [-0.1, -0.05) is 5.16 Å². The number of methoxy groups -OCH3 is 1. The predicted octanol–water partition coefficient (Wildman–Crippen LogP) is 1.79.